The molecule has 0 unspecified atom stereocenters. The molecule has 0 aliphatic carbocycles. The minimum absolute atomic E-state index is 0.205. The highest BCUT2D eigenvalue weighted by Crippen LogP contribution is 2.36. The zero-order valence-electron chi connectivity index (χ0n) is 15.1. The number of nitrogens with one attached hydrogen (secondary N) is 3. The fourth-order valence-corrected chi connectivity index (χ4v) is 3.56. The number of ketones is 1. The van der Waals surface area contributed by atoms with Crippen molar-refractivity contribution in [3.8, 4) is 11.5 Å². The summed E-state index contributed by atoms with van der Waals surface area (Å²) in [4.78, 5) is 27.5. The number of allylic oxidation sites excluding steroid dienone is 1. The van der Waals surface area contributed by atoms with Crippen LogP contribution in [0.1, 0.15) is 15.9 Å². The van der Waals surface area contributed by atoms with E-state index in [-0.39, 0.29) is 17.6 Å². The van der Waals surface area contributed by atoms with Gasteiger partial charge in [-0.15, -0.1) is 0 Å². The lowest BCUT2D eigenvalue weighted by Crippen LogP contribution is -2.24. The Morgan fingerprint density at radius 3 is 2.82 bits per heavy atom. The first-order valence-corrected chi connectivity index (χ1v) is 9.21. The van der Waals surface area contributed by atoms with Crippen LogP contribution in [0.4, 0.5) is 10.5 Å². The van der Waals surface area contributed by atoms with Gasteiger partial charge in [-0.1, -0.05) is 0 Å². The maximum atomic E-state index is 12.8. The van der Waals surface area contributed by atoms with Gasteiger partial charge in [-0.2, -0.15) is 0 Å². The highest BCUT2D eigenvalue weighted by molar-refractivity contribution is 9.10. The molecule has 1 aromatic heterocycles. The predicted molar refractivity (Wildman–Crippen MR) is 110 cm³/mol. The standard InChI is InChI=1S/C20H16BrN3O4/c1-22-20(26)23-10-3-6-16-14(7-10)18(25)17(28-16)9-13-12-8-11(27-2)4-5-15(12)24-19(13)21/h3-9,24H,1-2H3,(H2,22,23,26)/b17-9-. The molecule has 0 fully saturated rings. The van der Waals surface area contributed by atoms with Crippen LogP contribution < -0.4 is 20.1 Å². The predicted octanol–water partition coefficient (Wildman–Crippen LogP) is 4.31. The van der Waals surface area contributed by atoms with Crippen molar-refractivity contribution < 1.29 is 19.1 Å². The van der Waals surface area contributed by atoms with Gasteiger partial charge in [0.2, 0.25) is 5.78 Å². The van der Waals surface area contributed by atoms with Gasteiger partial charge < -0.3 is 25.1 Å². The summed E-state index contributed by atoms with van der Waals surface area (Å²) in [5.41, 5.74) is 2.59. The molecule has 2 amide bonds. The van der Waals surface area contributed by atoms with Gasteiger partial charge in [0, 0.05) is 29.2 Å². The summed E-state index contributed by atoms with van der Waals surface area (Å²) in [7, 11) is 3.12. The number of carbonyl (C=O) groups excluding carboxylic acids is 2. The maximum absolute atomic E-state index is 12.8. The normalized spacial score (nSPS) is 14.1. The Morgan fingerprint density at radius 2 is 2.07 bits per heavy atom. The number of Topliss-reactive ketones (excluding diaryl/α,β-unsaturated/α-hetero) is 1. The van der Waals surface area contributed by atoms with Gasteiger partial charge in [0.1, 0.15) is 11.5 Å². The number of hydrogen-bond acceptors (Lipinski definition) is 4. The van der Waals surface area contributed by atoms with Crippen LogP contribution in [0.3, 0.4) is 0 Å². The van der Waals surface area contributed by atoms with Gasteiger partial charge in [0.05, 0.1) is 17.3 Å². The lowest BCUT2D eigenvalue weighted by atomic mass is 10.1. The number of ether oxygens (including phenoxy) is 2. The Kier molecular flexibility index (Phi) is 4.56. The number of methoxy groups -OCH3 is 1. The molecule has 7 nitrogen and oxygen atoms in total. The number of fused-ring (bicyclic) bond motifs is 2. The summed E-state index contributed by atoms with van der Waals surface area (Å²) >= 11 is 3.50. The third-order valence-corrected chi connectivity index (χ3v) is 5.05. The summed E-state index contributed by atoms with van der Waals surface area (Å²) in [6.45, 7) is 0. The van der Waals surface area contributed by atoms with Crippen molar-refractivity contribution in [2.24, 2.45) is 0 Å². The number of carbonyl (C=O) groups is 2. The average molecular weight is 442 g/mol. The zero-order chi connectivity index (χ0) is 19.8. The van der Waals surface area contributed by atoms with Crippen LogP contribution in [0, 0.1) is 0 Å². The quantitative estimate of drug-likeness (QED) is 0.528. The molecule has 0 spiro atoms. The summed E-state index contributed by atoms with van der Waals surface area (Å²) in [6.07, 6.45) is 1.69. The van der Waals surface area contributed by atoms with E-state index in [1.54, 1.807) is 31.4 Å². The van der Waals surface area contributed by atoms with Crippen LogP contribution in [0.5, 0.6) is 11.5 Å². The van der Waals surface area contributed by atoms with E-state index in [0.717, 1.165) is 21.1 Å². The van der Waals surface area contributed by atoms with Crippen LogP contribution in [-0.4, -0.2) is 31.0 Å². The first kappa shape index (κ1) is 18.1. The van der Waals surface area contributed by atoms with E-state index in [1.807, 2.05) is 18.2 Å². The van der Waals surface area contributed by atoms with E-state index in [4.69, 9.17) is 9.47 Å². The molecule has 2 aromatic carbocycles. The number of aromatic amines is 1. The Bertz CT molecular complexity index is 1150. The molecular formula is C20H16BrN3O4. The minimum atomic E-state index is -0.362. The van der Waals surface area contributed by atoms with Crippen LogP contribution >= 0.6 is 15.9 Å². The van der Waals surface area contributed by atoms with Crippen molar-refractivity contribution in [2.75, 3.05) is 19.5 Å². The van der Waals surface area contributed by atoms with Crippen molar-refractivity contribution in [1.82, 2.24) is 10.3 Å². The van der Waals surface area contributed by atoms with E-state index in [0.29, 0.717) is 22.7 Å². The second-order valence-corrected chi connectivity index (χ2v) is 6.91. The third-order valence-electron chi connectivity index (χ3n) is 4.43. The molecule has 0 saturated heterocycles. The second-order valence-electron chi connectivity index (χ2n) is 6.12. The Balaban J connectivity index is 1.72. The first-order valence-electron chi connectivity index (χ1n) is 8.42. The summed E-state index contributed by atoms with van der Waals surface area (Å²) in [5.74, 6) is 1.12. The topological polar surface area (TPSA) is 92.5 Å². The van der Waals surface area contributed by atoms with Crippen molar-refractivity contribution in [3.63, 3.8) is 0 Å². The third kappa shape index (κ3) is 3.11. The lowest BCUT2D eigenvalue weighted by Gasteiger charge is -2.04. The van der Waals surface area contributed by atoms with Gasteiger partial charge in [0.25, 0.3) is 0 Å². The number of rotatable bonds is 3. The Hall–Kier alpha value is -3.26. The smallest absolute Gasteiger partial charge is 0.318 e. The second kappa shape index (κ2) is 7.05. The lowest BCUT2D eigenvalue weighted by molar-refractivity contribution is 0.101. The van der Waals surface area contributed by atoms with Gasteiger partial charge >= 0.3 is 6.03 Å². The van der Waals surface area contributed by atoms with Crippen LogP contribution in [0.2, 0.25) is 0 Å². The van der Waals surface area contributed by atoms with Crippen molar-refractivity contribution in [3.05, 3.63) is 57.9 Å². The first-order chi connectivity index (χ1) is 13.5. The van der Waals surface area contributed by atoms with Gasteiger partial charge in [0.15, 0.2) is 5.76 Å². The van der Waals surface area contributed by atoms with E-state index in [1.165, 1.54) is 7.05 Å². The zero-order valence-corrected chi connectivity index (χ0v) is 16.6. The Morgan fingerprint density at radius 1 is 1.25 bits per heavy atom. The number of hydrogen-bond donors (Lipinski definition) is 3. The molecule has 8 heteroatoms. The molecule has 0 atom stereocenters. The number of anilines is 1. The summed E-state index contributed by atoms with van der Waals surface area (Å²) in [6, 6.07) is 10.2. The molecule has 142 valence electrons. The fraction of sp³-hybridized carbons (Fsp3) is 0.100. The van der Waals surface area contributed by atoms with Crippen LogP contribution in [-0.2, 0) is 0 Å². The van der Waals surface area contributed by atoms with Crippen LogP contribution in [0.25, 0.3) is 17.0 Å². The number of halogens is 1. The largest absolute Gasteiger partial charge is 0.497 e. The van der Waals surface area contributed by atoms with Gasteiger partial charge in [-0.3, -0.25) is 4.79 Å². The molecule has 0 bridgehead atoms. The molecule has 3 aromatic rings. The number of urea groups is 1. The highest BCUT2D eigenvalue weighted by atomic mass is 79.9. The van der Waals surface area contributed by atoms with Crippen molar-refractivity contribution in [2.45, 2.75) is 0 Å². The fourth-order valence-electron chi connectivity index (χ4n) is 3.02. The number of aromatic nitrogens is 1. The number of amides is 2. The highest BCUT2D eigenvalue weighted by Gasteiger charge is 2.28. The SMILES string of the molecule is CNC(=O)Nc1ccc2c(c1)C(=O)/C(=C/c1c(Br)[nH]c3ccc(OC)cc13)O2. The van der Waals surface area contributed by atoms with Crippen LogP contribution in [0.15, 0.2) is 46.8 Å². The minimum Gasteiger partial charge on any atom is -0.497 e. The molecular weight excluding hydrogens is 426 g/mol. The summed E-state index contributed by atoms with van der Waals surface area (Å²) in [5, 5.41) is 6.01. The van der Waals surface area contributed by atoms with E-state index in [9.17, 15) is 9.59 Å². The van der Waals surface area contributed by atoms with E-state index in [2.05, 4.69) is 31.5 Å². The van der Waals surface area contributed by atoms with Crippen molar-refractivity contribution >= 4 is 50.4 Å². The molecule has 1 aliphatic rings. The van der Waals surface area contributed by atoms with E-state index < -0.39 is 0 Å². The molecule has 2 heterocycles. The molecule has 3 N–H and O–H groups in total. The molecule has 1 aliphatic heterocycles. The van der Waals surface area contributed by atoms with Gasteiger partial charge in [-0.25, -0.2) is 4.79 Å². The van der Waals surface area contributed by atoms with Crippen molar-refractivity contribution in [1.29, 1.82) is 0 Å². The number of benzene rings is 2. The number of H-pyrrole nitrogens is 1. The molecule has 4 rings (SSSR count). The summed E-state index contributed by atoms with van der Waals surface area (Å²) < 4.78 is 11.8. The van der Waals surface area contributed by atoms with Gasteiger partial charge in [-0.05, 0) is 58.4 Å². The van der Waals surface area contributed by atoms with E-state index >= 15 is 0 Å². The monoisotopic (exact) mass is 441 g/mol. The average Bonchev–Trinajstić information content (AvgIpc) is 3.18. The Labute approximate surface area is 168 Å². The molecule has 0 saturated carbocycles. The molecule has 28 heavy (non-hydrogen) atoms. The molecule has 0 radical (unpaired) electrons. The maximum Gasteiger partial charge on any atom is 0.318 e.